The van der Waals surface area contributed by atoms with Gasteiger partial charge in [-0.05, 0) is 86.7 Å². The number of nitrogens with zero attached hydrogens (tertiary/aromatic N) is 2. The predicted octanol–water partition coefficient (Wildman–Crippen LogP) is 4.56. The Balaban J connectivity index is 0.00000117. The minimum atomic E-state index is -2.87. The number of hydrogen-bond acceptors (Lipinski definition) is 4. The van der Waals surface area contributed by atoms with E-state index in [9.17, 15) is 8.78 Å². The van der Waals surface area contributed by atoms with Crippen LogP contribution in [0.4, 0.5) is 8.78 Å². The van der Waals surface area contributed by atoms with Gasteiger partial charge in [0, 0.05) is 24.0 Å². The molecule has 0 aromatic heterocycles. The zero-order chi connectivity index (χ0) is 24.1. The molecule has 0 bridgehead atoms. The molecule has 2 aliphatic heterocycles. The average molecular weight is 504 g/mol. The lowest BCUT2D eigenvalue weighted by molar-refractivity contribution is -0.00836. The van der Waals surface area contributed by atoms with Gasteiger partial charge < -0.3 is 10.1 Å². The van der Waals surface area contributed by atoms with Gasteiger partial charge in [0.15, 0.2) is 5.11 Å². The van der Waals surface area contributed by atoms with E-state index in [2.05, 4.69) is 53.0 Å². The molecule has 0 radical (unpaired) electrons. The lowest BCUT2D eigenvalue weighted by Gasteiger charge is -2.48. The molecule has 3 fully saturated rings. The molecule has 8 heteroatoms. The molecular weight excluding hydrogens is 472 g/mol. The van der Waals surface area contributed by atoms with E-state index in [-0.39, 0.29) is 11.5 Å². The van der Waals surface area contributed by atoms with Crippen molar-refractivity contribution in [3.05, 3.63) is 34.9 Å². The Morgan fingerprint density at radius 2 is 1.94 bits per heavy atom. The first kappa shape index (κ1) is 24.0. The summed E-state index contributed by atoms with van der Waals surface area (Å²) in [4.78, 5) is 6.06. The number of nitrogens with one attached hydrogen (secondary N) is 1. The first-order chi connectivity index (χ1) is 16.4. The number of thiol groups is 1. The molecule has 2 heterocycles. The molecule has 1 N–H and O–H groups in total. The molecule has 5 aliphatic rings. The third-order valence-electron chi connectivity index (χ3n) is 8.04. The van der Waals surface area contributed by atoms with Crippen LogP contribution in [0.25, 0.3) is 0 Å². The van der Waals surface area contributed by atoms with Gasteiger partial charge >= 0.3 is 0 Å². The van der Waals surface area contributed by atoms with E-state index in [1.807, 2.05) is 0 Å². The zero-order valence-electron chi connectivity index (χ0n) is 19.7. The number of benzene rings is 1. The van der Waals surface area contributed by atoms with Crippen molar-refractivity contribution in [1.82, 2.24) is 10.2 Å². The maximum Gasteiger partial charge on any atom is 0.284 e. The number of fused-ring (bicyclic) bond motifs is 5. The van der Waals surface area contributed by atoms with E-state index >= 15 is 0 Å². The number of amidine groups is 1. The van der Waals surface area contributed by atoms with Crippen LogP contribution in [0.3, 0.4) is 0 Å². The number of halogens is 2. The summed E-state index contributed by atoms with van der Waals surface area (Å²) in [5.74, 6) is 5.01. The highest BCUT2D eigenvalue weighted by Crippen LogP contribution is 2.60. The monoisotopic (exact) mass is 503 g/mol. The number of thiocarbonyl (C=S) groups is 1. The number of ether oxygens (including phenoxy) is 1. The highest BCUT2D eigenvalue weighted by Gasteiger charge is 2.67. The topological polar surface area (TPSA) is 36.9 Å². The van der Waals surface area contributed by atoms with Crippen LogP contribution < -0.4 is 5.32 Å². The van der Waals surface area contributed by atoms with E-state index < -0.39 is 24.6 Å². The molecule has 1 aromatic carbocycles. The summed E-state index contributed by atoms with van der Waals surface area (Å²) < 4.78 is 34.2. The third-order valence-corrected chi connectivity index (χ3v) is 8.36. The fraction of sp³-hybridized carbons (Fsp3) is 0.615. The summed E-state index contributed by atoms with van der Waals surface area (Å²) >= 11 is 9.16. The van der Waals surface area contributed by atoms with Crippen molar-refractivity contribution in [3.8, 4) is 11.8 Å². The minimum Gasteiger partial charge on any atom is -0.381 e. The van der Waals surface area contributed by atoms with Crippen LogP contribution in [0.2, 0.25) is 0 Å². The number of alkyl halides is 2. The van der Waals surface area contributed by atoms with Crippen molar-refractivity contribution < 1.29 is 13.5 Å². The lowest BCUT2D eigenvalue weighted by atomic mass is 9.61. The summed E-state index contributed by atoms with van der Waals surface area (Å²) in [6, 6.07) is 6.44. The van der Waals surface area contributed by atoms with Crippen molar-refractivity contribution in [2.24, 2.45) is 16.3 Å². The molecule has 1 saturated heterocycles. The van der Waals surface area contributed by atoms with Crippen molar-refractivity contribution >= 4 is 35.8 Å². The molecule has 1 unspecified atom stereocenters. The van der Waals surface area contributed by atoms with E-state index in [1.54, 1.807) is 18.3 Å². The van der Waals surface area contributed by atoms with Crippen LogP contribution in [-0.4, -0.2) is 54.3 Å². The Labute approximate surface area is 211 Å². The standard InChI is InChI=1S/C25H27F2N3OS.CH4S/c1-31-19-8-10-23(11-9-19)13-18-7-6-17(5-4-16-2-3-16)12-20(18)25(23)21-28-14-24(26,27)15-30(21)22(32)29-25;1-2/h6-7,12,16,19H,2-3,8-11,13-15H2,1H3,(H,29,32);2H,1H3. The third kappa shape index (κ3) is 3.75. The van der Waals surface area contributed by atoms with Gasteiger partial charge in [-0.15, -0.1) is 0 Å². The van der Waals surface area contributed by atoms with Gasteiger partial charge in [-0.2, -0.15) is 12.6 Å². The molecule has 3 aliphatic carbocycles. The van der Waals surface area contributed by atoms with Crippen LogP contribution in [0.1, 0.15) is 55.2 Å². The molecule has 1 aromatic rings. The maximum atomic E-state index is 14.3. The number of aliphatic imine (C=N–C) groups is 1. The summed E-state index contributed by atoms with van der Waals surface area (Å²) in [6.45, 7) is -0.898. The van der Waals surface area contributed by atoms with Gasteiger partial charge in [-0.25, -0.2) is 8.78 Å². The van der Waals surface area contributed by atoms with Gasteiger partial charge in [0.05, 0.1) is 12.6 Å². The Bertz CT molecular complexity index is 1080. The van der Waals surface area contributed by atoms with E-state index in [0.717, 1.165) is 43.2 Å². The Kier molecular flexibility index (Phi) is 6.19. The zero-order valence-corrected chi connectivity index (χ0v) is 21.4. The molecule has 182 valence electrons. The van der Waals surface area contributed by atoms with Crippen molar-refractivity contribution in [3.63, 3.8) is 0 Å². The summed E-state index contributed by atoms with van der Waals surface area (Å²) in [7, 11) is 1.77. The van der Waals surface area contributed by atoms with Gasteiger partial charge in [0.2, 0.25) is 0 Å². The second-order valence-electron chi connectivity index (χ2n) is 10.1. The largest absolute Gasteiger partial charge is 0.381 e. The summed E-state index contributed by atoms with van der Waals surface area (Å²) in [5, 5.41) is 3.93. The second-order valence-corrected chi connectivity index (χ2v) is 10.5. The fourth-order valence-corrected chi connectivity index (χ4v) is 6.55. The smallest absolute Gasteiger partial charge is 0.284 e. The molecular formula is C26H31F2N3OS2. The van der Waals surface area contributed by atoms with Crippen molar-refractivity contribution in [2.45, 2.75) is 62.5 Å². The van der Waals surface area contributed by atoms with E-state index in [0.29, 0.717) is 16.9 Å². The maximum absolute atomic E-state index is 14.3. The second kappa shape index (κ2) is 8.76. The van der Waals surface area contributed by atoms with Crippen LogP contribution in [0.5, 0.6) is 0 Å². The molecule has 4 nitrogen and oxygen atoms in total. The Hall–Kier alpha value is -1.69. The van der Waals surface area contributed by atoms with E-state index in [1.165, 1.54) is 18.4 Å². The molecule has 6 rings (SSSR count). The molecule has 1 atom stereocenters. The lowest BCUT2D eigenvalue weighted by Crippen LogP contribution is -2.58. The fourth-order valence-electron chi connectivity index (χ4n) is 6.25. The number of rotatable bonds is 1. The van der Waals surface area contributed by atoms with Crippen molar-refractivity contribution in [2.75, 3.05) is 26.5 Å². The van der Waals surface area contributed by atoms with Crippen molar-refractivity contribution in [1.29, 1.82) is 0 Å². The molecule has 2 saturated carbocycles. The molecule has 2 spiro atoms. The first-order valence-corrected chi connectivity index (χ1v) is 13.3. The summed E-state index contributed by atoms with van der Waals surface area (Å²) in [5.41, 5.74) is 2.49. The summed E-state index contributed by atoms with van der Waals surface area (Å²) in [6.07, 6.45) is 8.93. The first-order valence-electron chi connectivity index (χ1n) is 12.0. The quantitative estimate of drug-likeness (QED) is 0.335. The van der Waals surface area contributed by atoms with Crippen LogP contribution >= 0.6 is 24.8 Å². The van der Waals surface area contributed by atoms with Gasteiger partial charge in [0.1, 0.15) is 17.9 Å². The normalized spacial score (nSPS) is 32.7. The number of methoxy groups -OCH3 is 1. The van der Waals surface area contributed by atoms with Crippen LogP contribution in [0, 0.1) is 23.2 Å². The van der Waals surface area contributed by atoms with Crippen LogP contribution in [-0.2, 0) is 16.7 Å². The minimum absolute atomic E-state index is 0.169. The SMILES string of the molecule is COC1CCC2(CC1)Cc1ccc(C#CC3CC3)cc1C21NC(=S)N2CC(F)(F)CN=C21.CS. The van der Waals surface area contributed by atoms with Gasteiger partial charge in [-0.1, -0.05) is 17.9 Å². The van der Waals surface area contributed by atoms with Gasteiger partial charge in [0.25, 0.3) is 5.92 Å². The Morgan fingerprint density at radius 1 is 1.21 bits per heavy atom. The molecule has 34 heavy (non-hydrogen) atoms. The number of hydrogen-bond donors (Lipinski definition) is 2. The van der Waals surface area contributed by atoms with Crippen LogP contribution in [0.15, 0.2) is 23.2 Å². The predicted molar refractivity (Wildman–Crippen MR) is 138 cm³/mol. The molecule has 0 amide bonds. The highest BCUT2D eigenvalue weighted by atomic mass is 32.1. The Morgan fingerprint density at radius 3 is 2.62 bits per heavy atom. The average Bonchev–Trinajstić information content (AvgIpc) is 3.58. The van der Waals surface area contributed by atoms with Gasteiger partial charge in [-0.3, -0.25) is 9.89 Å². The highest BCUT2D eigenvalue weighted by molar-refractivity contribution is 7.80. The van der Waals surface area contributed by atoms with E-state index in [4.69, 9.17) is 17.0 Å².